The average Bonchev–Trinajstić information content (AvgIpc) is 2.99. The molecule has 0 radical (unpaired) electrons. The molecule has 0 N–H and O–H groups in total. The maximum atomic E-state index is 6.22. The minimum Gasteiger partial charge on any atom is -0.358 e. The summed E-state index contributed by atoms with van der Waals surface area (Å²) in [7, 11) is 0. The van der Waals surface area contributed by atoms with E-state index in [0.717, 1.165) is 53.9 Å². The molecule has 0 aliphatic carbocycles. The maximum absolute atomic E-state index is 6.22. The lowest BCUT2D eigenvalue weighted by Crippen LogP contribution is -2.17. The van der Waals surface area contributed by atoms with Crippen LogP contribution in [-0.4, -0.2) is 26.1 Å². The summed E-state index contributed by atoms with van der Waals surface area (Å²) in [5.74, 6) is 0. The molecule has 0 saturated carbocycles. The van der Waals surface area contributed by atoms with Gasteiger partial charge in [-0.15, -0.1) is 0 Å². The molecule has 124 valence electrons. The van der Waals surface area contributed by atoms with E-state index in [1.54, 1.807) is 6.33 Å². The summed E-state index contributed by atoms with van der Waals surface area (Å²) in [6.07, 6.45) is 4.98. The van der Waals surface area contributed by atoms with Crippen molar-refractivity contribution in [1.82, 2.24) is 19.5 Å². The first-order valence-electron chi connectivity index (χ1n) is 8.23. The molecule has 0 bridgehead atoms. The average molecular weight is 343 g/mol. The van der Waals surface area contributed by atoms with Gasteiger partial charge in [-0.2, -0.15) is 4.98 Å². The minimum absolute atomic E-state index is 0.0262. The highest BCUT2D eigenvalue weighted by Gasteiger charge is 2.22. The van der Waals surface area contributed by atoms with Gasteiger partial charge in [-0.05, 0) is 50.3 Å². The highest BCUT2D eigenvalue weighted by Crippen LogP contribution is 2.32. The molecule has 5 nitrogen and oxygen atoms in total. The quantitative estimate of drug-likeness (QED) is 0.645. The number of benzene rings is 1. The number of aromatic nitrogens is 4. The van der Waals surface area contributed by atoms with Crippen molar-refractivity contribution >= 4 is 22.8 Å². The van der Waals surface area contributed by atoms with E-state index in [4.69, 9.17) is 16.3 Å². The minimum atomic E-state index is -0.0262. The number of rotatable bonds is 2. The second-order valence-electron chi connectivity index (χ2n) is 6.30. The van der Waals surface area contributed by atoms with E-state index in [2.05, 4.69) is 47.0 Å². The number of hydrogen-bond donors (Lipinski definition) is 0. The predicted molar refractivity (Wildman–Crippen MR) is 94.1 cm³/mol. The van der Waals surface area contributed by atoms with E-state index in [1.807, 2.05) is 4.57 Å². The van der Waals surface area contributed by atoms with Crippen LogP contribution >= 0.6 is 11.6 Å². The highest BCUT2D eigenvalue weighted by atomic mass is 35.5. The van der Waals surface area contributed by atoms with Gasteiger partial charge in [0.1, 0.15) is 17.4 Å². The number of imidazole rings is 1. The van der Waals surface area contributed by atoms with Gasteiger partial charge in [0.25, 0.3) is 0 Å². The van der Waals surface area contributed by atoms with Crippen LogP contribution in [0.5, 0.6) is 0 Å². The van der Waals surface area contributed by atoms with Gasteiger partial charge in [-0.3, -0.25) is 4.57 Å². The van der Waals surface area contributed by atoms with Gasteiger partial charge in [-0.1, -0.05) is 23.8 Å². The summed E-state index contributed by atoms with van der Waals surface area (Å²) in [5.41, 5.74) is 5.67. The molecule has 1 aliphatic heterocycles. The first kappa shape index (κ1) is 15.5. The number of halogens is 1. The third-order valence-electron chi connectivity index (χ3n) is 4.50. The van der Waals surface area contributed by atoms with Crippen molar-refractivity contribution in [3.63, 3.8) is 0 Å². The molecule has 2 aromatic heterocycles. The van der Waals surface area contributed by atoms with Crippen molar-refractivity contribution in [2.75, 3.05) is 6.61 Å². The Kier molecular flexibility index (Phi) is 3.98. The molecule has 0 spiro atoms. The van der Waals surface area contributed by atoms with Crippen LogP contribution in [0.2, 0.25) is 5.28 Å². The van der Waals surface area contributed by atoms with Crippen molar-refractivity contribution in [3.05, 3.63) is 40.9 Å². The number of ether oxygens (including phenoxy) is 1. The fourth-order valence-corrected chi connectivity index (χ4v) is 3.48. The molecule has 1 aliphatic rings. The number of aryl methyl sites for hydroxylation is 2. The first-order valence-corrected chi connectivity index (χ1v) is 8.60. The molecule has 0 amide bonds. The van der Waals surface area contributed by atoms with Crippen LogP contribution in [0.25, 0.3) is 22.4 Å². The third-order valence-corrected chi connectivity index (χ3v) is 4.67. The fraction of sp³-hybridized carbons (Fsp3) is 0.389. The SMILES string of the molecule is Cc1ccc(-c2nc(Cl)nc3c2ncn3C2CCCCO2)c(C)c1. The Morgan fingerprint density at radius 2 is 2.08 bits per heavy atom. The molecule has 1 fully saturated rings. The largest absolute Gasteiger partial charge is 0.358 e. The van der Waals surface area contributed by atoms with Gasteiger partial charge in [0.15, 0.2) is 5.65 Å². The zero-order chi connectivity index (χ0) is 16.7. The van der Waals surface area contributed by atoms with E-state index in [-0.39, 0.29) is 11.5 Å². The van der Waals surface area contributed by atoms with E-state index >= 15 is 0 Å². The summed E-state index contributed by atoms with van der Waals surface area (Å²) in [6, 6.07) is 6.28. The summed E-state index contributed by atoms with van der Waals surface area (Å²) in [5, 5.41) is 0.232. The van der Waals surface area contributed by atoms with Crippen LogP contribution < -0.4 is 0 Å². The molecule has 1 saturated heterocycles. The van der Waals surface area contributed by atoms with Gasteiger partial charge in [0.05, 0.1) is 6.33 Å². The third kappa shape index (κ3) is 2.68. The highest BCUT2D eigenvalue weighted by molar-refractivity contribution is 6.28. The molecule has 6 heteroatoms. The van der Waals surface area contributed by atoms with E-state index < -0.39 is 0 Å². The zero-order valence-electron chi connectivity index (χ0n) is 13.8. The number of hydrogen-bond acceptors (Lipinski definition) is 4. The van der Waals surface area contributed by atoms with Crippen LogP contribution in [0, 0.1) is 13.8 Å². The lowest BCUT2D eigenvalue weighted by molar-refractivity contribution is -0.0298. The molecule has 3 aromatic rings. The van der Waals surface area contributed by atoms with Gasteiger partial charge in [0.2, 0.25) is 5.28 Å². The smallest absolute Gasteiger partial charge is 0.225 e. The van der Waals surface area contributed by atoms with E-state index in [0.29, 0.717) is 0 Å². The lowest BCUT2D eigenvalue weighted by Gasteiger charge is -2.23. The number of nitrogens with zero attached hydrogens (tertiary/aromatic N) is 4. The molecule has 4 rings (SSSR count). The normalized spacial score (nSPS) is 18.2. The fourth-order valence-electron chi connectivity index (χ4n) is 3.31. The van der Waals surface area contributed by atoms with Crippen LogP contribution in [0.1, 0.15) is 36.6 Å². The van der Waals surface area contributed by atoms with Crippen molar-refractivity contribution in [3.8, 4) is 11.3 Å². The molecule has 24 heavy (non-hydrogen) atoms. The monoisotopic (exact) mass is 342 g/mol. The van der Waals surface area contributed by atoms with E-state index in [9.17, 15) is 0 Å². The Labute approximate surface area is 145 Å². The number of fused-ring (bicyclic) bond motifs is 1. The Hall–Kier alpha value is -1.98. The summed E-state index contributed by atoms with van der Waals surface area (Å²) in [6.45, 7) is 4.92. The maximum Gasteiger partial charge on any atom is 0.225 e. The second-order valence-corrected chi connectivity index (χ2v) is 6.64. The molecule has 3 heterocycles. The van der Waals surface area contributed by atoms with Gasteiger partial charge in [-0.25, -0.2) is 9.97 Å². The topological polar surface area (TPSA) is 52.8 Å². The van der Waals surface area contributed by atoms with E-state index in [1.165, 1.54) is 5.56 Å². The molecule has 1 aromatic carbocycles. The van der Waals surface area contributed by atoms with Gasteiger partial charge in [0, 0.05) is 12.2 Å². The van der Waals surface area contributed by atoms with Gasteiger partial charge < -0.3 is 4.74 Å². The predicted octanol–water partition coefficient (Wildman–Crippen LogP) is 4.46. The van der Waals surface area contributed by atoms with Crippen LogP contribution in [0.4, 0.5) is 0 Å². The Morgan fingerprint density at radius 3 is 2.83 bits per heavy atom. The second kappa shape index (κ2) is 6.15. The lowest BCUT2D eigenvalue weighted by atomic mass is 10.0. The summed E-state index contributed by atoms with van der Waals surface area (Å²) >= 11 is 6.22. The van der Waals surface area contributed by atoms with Crippen molar-refractivity contribution in [1.29, 1.82) is 0 Å². The molecule has 1 atom stereocenters. The Balaban J connectivity index is 1.89. The van der Waals surface area contributed by atoms with Gasteiger partial charge >= 0.3 is 0 Å². The molecular weight excluding hydrogens is 324 g/mol. The standard InChI is InChI=1S/C18H19ClN4O/c1-11-6-7-13(12(2)9-11)15-16-17(22-18(19)21-15)23(10-20-16)14-5-3-4-8-24-14/h6-7,9-10,14H,3-5,8H2,1-2H3. The van der Waals surface area contributed by atoms with Crippen LogP contribution in [0.15, 0.2) is 24.5 Å². The summed E-state index contributed by atoms with van der Waals surface area (Å²) < 4.78 is 7.86. The summed E-state index contributed by atoms with van der Waals surface area (Å²) in [4.78, 5) is 13.5. The van der Waals surface area contributed by atoms with Crippen molar-refractivity contribution < 1.29 is 4.74 Å². The Morgan fingerprint density at radius 1 is 1.21 bits per heavy atom. The molecule has 1 unspecified atom stereocenters. The first-order chi connectivity index (χ1) is 11.6. The Bertz CT molecular complexity index is 899. The van der Waals surface area contributed by atoms with Crippen LogP contribution in [-0.2, 0) is 4.74 Å². The van der Waals surface area contributed by atoms with Crippen LogP contribution in [0.3, 0.4) is 0 Å². The van der Waals surface area contributed by atoms with Crippen molar-refractivity contribution in [2.45, 2.75) is 39.3 Å². The zero-order valence-corrected chi connectivity index (χ0v) is 14.5. The molecular formula is C18H19ClN4O. The van der Waals surface area contributed by atoms with Crippen molar-refractivity contribution in [2.24, 2.45) is 0 Å².